The zero-order valence-corrected chi connectivity index (χ0v) is 9.16. The molecule has 0 amide bonds. The molecule has 0 radical (unpaired) electrons. The SMILES string of the molecule is COc1ccccc1CNC(C)CC#N. The molecule has 1 aromatic rings. The van der Waals surface area contributed by atoms with E-state index in [0.29, 0.717) is 6.42 Å². The van der Waals surface area contributed by atoms with Crippen LogP contribution in [0.15, 0.2) is 24.3 Å². The maximum Gasteiger partial charge on any atom is 0.123 e. The topological polar surface area (TPSA) is 45.0 Å². The highest BCUT2D eigenvalue weighted by Gasteiger charge is 2.03. The Labute approximate surface area is 90.7 Å². The number of methoxy groups -OCH3 is 1. The van der Waals surface area contributed by atoms with E-state index in [2.05, 4.69) is 11.4 Å². The van der Waals surface area contributed by atoms with E-state index in [1.165, 1.54) is 0 Å². The first-order chi connectivity index (χ1) is 7.27. The molecule has 1 rings (SSSR count). The van der Waals surface area contributed by atoms with Crippen molar-refractivity contribution in [3.8, 4) is 11.8 Å². The van der Waals surface area contributed by atoms with E-state index >= 15 is 0 Å². The minimum atomic E-state index is 0.208. The predicted molar refractivity (Wildman–Crippen MR) is 59.5 cm³/mol. The fourth-order valence-corrected chi connectivity index (χ4v) is 1.34. The number of para-hydroxylation sites is 1. The van der Waals surface area contributed by atoms with Gasteiger partial charge in [-0.15, -0.1) is 0 Å². The largest absolute Gasteiger partial charge is 0.496 e. The average Bonchev–Trinajstić information content (AvgIpc) is 2.27. The van der Waals surface area contributed by atoms with Crippen LogP contribution in [0.3, 0.4) is 0 Å². The number of benzene rings is 1. The summed E-state index contributed by atoms with van der Waals surface area (Å²) in [4.78, 5) is 0. The van der Waals surface area contributed by atoms with Gasteiger partial charge in [0, 0.05) is 18.2 Å². The van der Waals surface area contributed by atoms with E-state index < -0.39 is 0 Å². The lowest BCUT2D eigenvalue weighted by Crippen LogP contribution is -2.25. The predicted octanol–water partition coefficient (Wildman–Crippen LogP) is 2.09. The van der Waals surface area contributed by atoms with Gasteiger partial charge in [-0.25, -0.2) is 0 Å². The second kappa shape index (κ2) is 6.05. The molecule has 0 aliphatic rings. The molecule has 0 fully saturated rings. The molecule has 0 aliphatic carbocycles. The van der Waals surface area contributed by atoms with Crippen LogP contribution < -0.4 is 10.1 Å². The highest BCUT2D eigenvalue weighted by Crippen LogP contribution is 2.16. The van der Waals surface area contributed by atoms with Crippen molar-refractivity contribution in [3.05, 3.63) is 29.8 Å². The summed E-state index contributed by atoms with van der Waals surface area (Å²) in [6.45, 7) is 2.73. The molecule has 15 heavy (non-hydrogen) atoms. The molecule has 1 N–H and O–H groups in total. The summed E-state index contributed by atoms with van der Waals surface area (Å²) in [5.74, 6) is 0.883. The first-order valence-corrected chi connectivity index (χ1v) is 5.00. The molecule has 0 spiro atoms. The van der Waals surface area contributed by atoms with E-state index in [9.17, 15) is 0 Å². The summed E-state index contributed by atoms with van der Waals surface area (Å²) in [6.07, 6.45) is 0.523. The lowest BCUT2D eigenvalue weighted by Gasteiger charge is -2.12. The molecule has 0 aliphatic heterocycles. The Morgan fingerprint density at radius 1 is 1.47 bits per heavy atom. The van der Waals surface area contributed by atoms with Crippen molar-refractivity contribution < 1.29 is 4.74 Å². The van der Waals surface area contributed by atoms with E-state index in [4.69, 9.17) is 10.00 Å². The molecule has 0 saturated heterocycles. The van der Waals surface area contributed by atoms with Gasteiger partial charge in [0.25, 0.3) is 0 Å². The molecule has 0 heterocycles. The summed E-state index contributed by atoms with van der Waals surface area (Å²) < 4.78 is 5.23. The standard InChI is InChI=1S/C12H16N2O/c1-10(7-8-13)14-9-11-5-3-4-6-12(11)15-2/h3-6,10,14H,7,9H2,1-2H3. The van der Waals surface area contributed by atoms with Gasteiger partial charge >= 0.3 is 0 Å². The number of nitrogens with zero attached hydrogens (tertiary/aromatic N) is 1. The Hall–Kier alpha value is -1.53. The molecular weight excluding hydrogens is 188 g/mol. The summed E-state index contributed by atoms with van der Waals surface area (Å²) in [5, 5.41) is 11.8. The van der Waals surface area contributed by atoms with E-state index in [0.717, 1.165) is 17.9 Å². The summed E-state index contributed by atoms with van der Waals surface area (Å²) in [7, 11) is 1.66. The zero-order chi connectivity index (χ0) is 11.1. The smallest absolute Gasteiger partial charge is 0.123 e. The molecular formula is C12H16N2O. The summed E-state index contributed by atoms with van der Waals surface area (Å²) in [6, 6.07) is 10.2. The molecule has 80 valence electrons. The van der Waals surface area contributed by atoms with Crippen LogP contribution in [0.1, 0.15) is 18.9 Å². The average molecular weight is 204 g/mol. The highest BCUT2D eigenvalue weighted by molar-refractivity contribution is 5.32. The lowest BCUT2D eigenvalue weighted by molar-refractivity contribution is 0.406. The van der Waals surface area contributed by atoms with Crippen molar-refractivity contribution in [1.82, 2.24) is 5.32 Å². The van der Waals surface area contributed by atoms with E-state index in [1.54, 1.807) is 7.11 Å². The number of nitrogens with one attached hydrogen (secondary N) is 1. The third-order valence-electron chi connectivity index (χ3n) is 2.23. The molecule has 1 unspecified atom stereocenters. The van der Waals surface area contributed by atoms with Gasteiger partial charge < -0.3 is 10.1 Å². The van der Waals surface area contributed by atoms with Gasteiger partial charge in [-0.2, -0.15) is 5.26 Å². The Balaban J connectivity index is 2.54. The summed E-state index contributed by atoms with van der Waals surface area (Å²) >= 11 is 0. The maximum absolute atomic E-state index is 8.52. The van der Waals surface area contributed by atoms with Crippen molar-refractivity contribution in [2.24, 2.45) is 0 Å². The molecule has 0 saturated carbocycles. The summed E-state index contributed by atoms with van der Waals surface area (Å²) in [5.41, 5.74) is 1.12. The fraction of sp³-hybridized carbons (Fsp3) is 0.417. The Kier molecular flexibility index (Phi) is 4.65. The van der Waals surface area contributed by atoms with Crippen molar-refractivity contribution in [2.45, 2.75) is 25.9 Å². The van der Waals surface area contributed by atoms with Crippen LogP contribution >= 0.6 is 0 Å². The van der Waals surface area contributed by atoms with Gasteiger partial charge in [0.05, 0.1) is 19.6 Å². The zero-order valence-electron chi connectivity index (χ0n) is 9.16. The minimum absolute atomic E-state index is 0.208. The Bertz CT molecular complexity index is 344. The molecule has 3 nitrogen and oxygen atoms in total. The van der Waals surface area contributed by atoms with E-state index in [1.807, 2.05) is 31.2 Å². The van der Waals surface area contributed by atoms with Crippen LogP contribution in [0.5, 0.6) is 5.75 Å². The van der Waals surface area contributed by atoms with Gasteiger partial charge in [-0.05, 0) is 13.0 Å². The second-order valence-corrected chi connectivity index (χ2v) is 3.46. The van der Waals surface area contributed by atoms with Crippen molar-refractivity contribution in [3.63, 3.8) is 0 Å². The van der Waals surface area contributed by atoms with Crippen LogP contribution in [0.2, 0.25) is 0 Å². The third-order valence-corrected chi connectivity index (χ3v) is 2.23. The number of hydrogen-bond donors (Lipinski definition) is 1. The number of hydrogen-bond acceptors (Lipinski definition) is 3. The van der Waals surface area contributed by atoms with Crippen LogP contribution in [0.4, 0.5) is 0 Å². The molecule has 3 heteroatoms. The van der Waals surface area contributed by atoms with Gasteiger partial charge in [-0.1, -0.05) is 18.2 Å². The van der Waals surface area contributed by atoms with Crippen molar-refractivity contribution in [2.75, 3.05) is 7.11 Å². The first kappa shape index (κ1) is 11.5. The highest BCUT2D eigenvalue weighted by atomic mass is 16.5. The van der Waals surface area contributed by atoms with Gasteiger partial charge in [-0.3, -0.25) is 0 Å². The molecule has 1 aromatic carbocycles. The van der Waals surface area contributed by atoms with Gasteiger partial charge in [0.2, 0.25) is 0 Å². The minimum Gasteiger partial charge on any atom is -0.496 e. The monoisotopic (exact) mass is 204 g/mol. The Morgan fingerprint density at radius 3 is 2.87 bits per heavy atom. The van der Waals surface area contributed by atoms with Gasteiger partial charge in [0.15, 0.2) is 0 Å². The number of rotatable bonds is 5. The molecule has 0 aromatic heterocycles. The van der Waals surface area contributed by atoms with Crippen molar-refractivity contribution >= 4 is 0 Å². The first-order valence-electron chi connectivity index (χ1n) is 5.00. The van der Waals surface area contributed by atoms with Crippen LogP contribution in [0, 0.1) is 11.3 Å². The van der Waals surface area contributed by atoms with Crippen LogP contribution in [0.25, 0.3) is 0 Å². The maximum atomic E-state index is 8.52. The second-order valence-electron chi connectivity index (χ2n) is 3.46. The van der Waals surface area contributed by atoms with E-state index in [-0.39, 0.29) is 6.04 Å². The van der Waals surface area contributed by atoms with Gasteiger partial charge in [0.1, 0.15) is 5.75 Å². The fourth-order valence-electron chi connectivity index (χ4n) is 1.34. The lowest BCUT2D eigenvalue weighted by atomic mass is 10.2. The third kappa shape index (κ3) is 3.61. The van der Waals surface area contributed by atoms with Crippen molar-refractivity contribution in [1.29, 1.82) is 5.26 Å². The number of ether oxygens (including phenoxy) is 1. The molecule has 1 atom stereocenters. The normalized spacial score (nSPS) is 11.8. The van der Waals surface area contributed by atoms with Crippen LogP contribution in [-0.2, 0) is 6.54 Å². The Morgan fingerprint density at radius 2 is 2.20 bits per heavy atom. The number of nitriles is 1. The molecule has 0 bridgehead atoms. The quantitative estimate of drug-likeness (QED) is 0.798. The van der Waals surface area contributed by atoms with Crippen LogP contribution in [-0.4, -0.2) is 13.2 Å².